The van der Waals surface area contributed by atoms with Gasteiger partial charge in [-0.05, 0) is 12.1 Å². The summed E-state index contributed by atoms with van der Waals surface area (Å²) in [6.07, 6.45) is 0. The highest BCUT2D eigenvalue weighted by molar-refractivity contribution is 6.77. The van der Waals surface area contributed by atoms with E-state index in [-0.39, 0.29) is 0 Å². The molecule has 0 amide bonds. The normalized spacial score (nSPS) is 12.7. The second-order valence-corrected chi connectivity index (χ2v) is 17.6. The fraction of sp³-hybridized carbons (Fsp3) is 0.667. The topological polar surface area (TPSA) is 0 Å². The van der Waals surface area contributed by atoms with E-state index in [0.29, 0.717) is 0 Å². The van der Waals surface area contributed by atoms with Crippen LogP contribution in [0.5, 0.6) is 0 Å². The van der Waals surface area contributed by atoms with E-state index in [1.807, 2.05) is 0 Å². The molecule has 14 heavy (non-hydrogen) atoms. The molecular weight excluding hydrogens is 200 g/mol. The van der Waals surface area contributed by atoms with Crippen LogP contribution in [0.2, 0.25) is 51.4 Å². The first-order valence-corrected chi connectivity index (χ1v) is 12.8. The maximum Gasteiger partial charge on any atom is 0.0486 e. The van der Waals surface area contributed by atoms with E-state index in [4.69, 9.17) is 0 Å². The SMILES string of the molecule is C=C(C[Si](C)(C)C)C(=C)C[Si](C)(C)C. The summed E-state index contributed by atoms with van der Waals surface area (Å²) >= 11 is 0. The van der Waals surface area contributed by atoms with Gasteiger partial charge in [0, 0.05) is 16.1 Å². The number of allylic oxidation sites excluding steroid dienone is 2. The summed E-state index contributed by atoms with van der Waals surface area (Å²) in [5, 5.41) is 0. The van der Waals surface area contributed by atoms with Crippen LogP contribution in [0.3, 0.4) is 0 Å². The van der Waals surface area contributed by atoms with Gasteiger partial charge in [0.05, 0.1) is 0 Å². The molecule has 0 aliphatic heterocycles. The Labute approximate surface area is 92.1 Å². The first kappa shape index (κ1) is 13.9. The predicted molar refractivity (Wildman–Crippen MR) is 74.6 cm³/mol. The van der Waals surface area contributed by atoms with Crippen LogP contribution in [0.4, 0.5) is 0 Å². The van der Waals surface area contributed by atoms with Crippen molar-refractivity contribution in [1.82, 2.24) is 0 Å². The Hall–Kier alpha value is -0.0862. The first-order chi connectivity index (χ1) is 6.01. The second-order valence-electron chi connectivity index (χ2n) is 6.68. The molecular formula is C12H26Si2. The zero-order valence-electron chi connectivity index (χ0n) is 10.8. The molecule has 82 valence electrons. The highest BCUT2D eigenvalue weighted by Gasteiger charge is 2.19. The molecule has 0 aromatic carbocycles. The van der Waals surface area contributed by atoms with Gasteiger partial charge in [0.1, 0.15) is 0 Å². The molecule has 2 heteroatoms. The lowest BCUT2D eigenvalue weighted by Gasteiger charge is -2.23. The van der Waals surface area contributed by atoms with E-state index in [0.717, 1.165) is 0 Å². The van der Waals surface area contributed by atoms with Crippen LogP contribution >= 0.6 is 0 Å². The highest BCUT2D eigenvalue weighted by Crippen LogP contribution is 2.26. The van der Waals surface area contributed by atoms with Gasteiger partial charge in [-0.1, -0.05) is 63.6 Å². The van der Waals surface area contributed by atoms with Crippen molar-refractivity contribution in [3.05, 3.63) is 24.3 Å². The molecule has 0 N–H and O–H groups in total. The fourth-order valence-electron chi connectivity index (χ4n) is 1.53. The summed E-state index contributed by atoms with van der Waals surface area (Å²) in [6.45, 7) is 22.7. The summed E-state index contributed by atoms with van der Waals surface area (Å²) < 4.78 is 0. The van der Waals surface area contributed by atoms with Crippen LogP contribution in [-0.2, 0) is 0 Å². The molecule has 0 fully saturated rings. The van der Waals surface area contributed by atoms with Crippen molar-refractivity contribution in [2.45, 2.75) is 51.4 Å². The van der Waals surface area contributed by atoms with Crippen LogP contribution < -0.4 is 0 Å². The summed E-state index contributed by atoms with van der Waals surface area (Å²) in [6, 6.07) is 2.41. The third-order valence-corrected chi connectivity index (χ3v) is 4.96. The highest BCUT2D eigenvalue weighted by atomic mass is 28.3. The molecule has 0 saturated heterocycles. The lowest BCUT2D eigenvalue weighted by Crippen LogP contribution is -2.23. The molecule has 0 aliphatic rings. The number of rotatable bonds is 5. The molecule has 0 heterocycles. The second kappa shape index (κ2) is 4.62. The van der Waals surface area contributed by atoms with Crippen molar-refractivity contribution in [2.75, 3.05) is 0 Å². The fourth-order valence-corrected chi connectivity index (χ4v) is 4.59. The van der Waals surface area contributed by atoms with E-state index in [9.17, 15) is 0 Å². The van der Waals surface area contributed by atoms with Gasteiger partial charge in [0.25, 0.3) is 0 Å². The third kappa shape index (κ3) is 7.33. The quantitative estimate of drug-likeness (QED) is 0.468. The molecule has 0 aliphatic carbocycles. The Balaban J connectivity index is 4.22. The standard InChI is InChI=1S/C12H26Si2/c1-11(9-13(3,4)5)12(2)10-14(6,7)8/h1-2,9-10H2,3-8H3. The Morgan fingerprint density at radius 2 is 0.929 bits per heavy atom. The van der Waals surface area contributed by atoms with Gasteiger partial charge in [-0.25, -0.2) is 0 Å². The third-order valence-electron chi connectivity index (χ3n) is 1.99. The summed E-state index contributed by atoms with van der Waals surface area (Å²) in [5.41, 5.74) is 2.62. The largest absolute Gasteiger partial charge is 0.0959 e. The van der Waals surface area contributed by atoms with Gasteiger partial charge >= 0.3 is 0 Å². The maximum atomic E-state index is 4.18. The minimum Gasteiger partial charge on any atom is -0.0959 e. The number of hydrogen-bond donors (Lipinski definition) is 0. The van der Waals surface area contributed by atoms with Gasteiger partial charge in [0.15, 0.2) is 0 Å². The predicted octanol–water partition coefficient (Wildman–Crippen LogP) is 4.78. The van der Waals surface area contributed by atoms with Crippen molar-refractivity contribution < 1.29 is 0 Å². The van der Waals surface area contributed by atoms with Crippen LogP contribution in [0.25, 0.3) is 0 Å². The van der Waals surface area contributed by atoms with Gasteiger partial charge < -0.3 is 0 Å². The van der Waals surface area contributed by atoms with E-state index < -0.39 is 16.1 Å². The average Bonchev–Trinajstić information content (AvgIpc) is 1.78. The molecule has 0 atom stereocenters. The van der Waals surface area contributed by atoms with Crippen molar-refractivity contribution >= 4 is 16.1 Å². The van der Waals surface area contributed by atoms with E-state index in [1.54, 1.807) is 0 Å². The molecule has 0 saturated carbocycles. The van der Waals surface area contributed by atoms with E-state index >= 15 is 0 Å². The van der Waals surface area contributed by atoms with Gasteiger partial charge in [0.2, 0.25) is 0 Å². The molecule has 0 unspecified atom stereocenters. The summed E-state index contributed by atoms with van der Waals surface area (Å²) in [4.78, 5) is 0. The van der Waals surface area contributed by atoms with E-state index in [2.05, 4.69) is 52.4 Å². The van der Waals surface area contributed by atoms with Crippen LogP contribution in [-0.4, -0.2) is 16.1 Å². The first-order valence-electron chi connectivity index (χ1n) is 5.37. The van der Waals surface area contributed by atoms with Gasteiger partial charge in [-0.15, -0.1) is 0 Å². The summed E-state index contributed by atoms with van der Waals surface area (Å²) in [5.74, 6) is 0. The molecule has 0 aromatic heterocycles. The Morgan fingerprint density at radius 1 is 0.714 bits per heavy atom. The summed E-state index contributed by atoms with van der Waals surface area (Å²) in [7, 11) is -2.01. The van der Waals surface area contributed by atoms with Crippen LogP contribution in [0.15, 0.2) is 24.3 Å². The van der Waals surface area contributed by atoms with Crippen LogP contribution in [0, 0.1) is 0 Å². The maximum absolute atomic E-state index is 4.18. The Kier molecular flexibility index (Phi) is 4.59. The molecule has 0 aromatic rings. The minimum absolute atomic E-state index is 1.00. The molecule has 0 rings (SSSR count). The monoisotopic (exact) mass is 226 g/mol. The lowest BCUT2D eigenvalue weighted by atomic mass is 10.2. The van der Waals surface area contributed by atoms with Crippen molar-refractivity contribution in [3.8, 4) is 0 Å². The average molecular weight is 227 g/mol. The number of hydrogen-bond acceptors (Lipinski definition) is 0. The minimum atomic E-state index is -1.00. The van der Waals surface area contributed by atoms with Crippen molar-refractivity contribution in [2.24, 2.45) is 0 Å². The molecule has 0 radical (unpaired) electrons. The molecule has 0 nitrogen and oxygen atoms in total. The van der Waals surface area contributed by atoms with Crippen molar-refractivity contribution in [3.63, 3.8) is 0 Å². The zero-order chi connectivity index (χ0) is 11.6. The van der Waals surface area contributed by atoms with Crippen molar-refractivity contribution in [1.29, 1.82) is 0 Å². The smallest absolute Gasteiger partial charge is 0.0486 e. The molecule has 0 spiro atoms. The van der Waals surface area contributed by atoms with Gasteiger partial charge in [-0.3, -0.25) is 0 Å². The molecule has 0 bridgehead atoms. The Morgan fingerprint density at radius 3 is 1.07 bits per heavy atom. The van der Waals surface area contributed by atoms with Gasteiger partial charge in [-0.2, -0.15) is 0 Å². The van der Waals surface area contributed by atoms with E-state index in [1.165, 1.54) is 23.2 Å². The lowest BCUT2D eigenvalue weighted by molar-refractivity contribution is 1.28. The zero-order valence-corrected chi connectivity index (χ0v) is 12.8. The Bertz CT molecular complexity index is 200. The van der Waals surface area contributed by atoms with Crippen LogP contribution in [0.1, 0.15) is 0 Å².